The molecule has 1 unspecified atom stereocenters. The molecule has 0 N–H and O–H groups in total. The highest BCUT2D eigenvalue weighted by Crippen LogP contribution is 2.56. The number of fused-ring (bicyclic) bond motifs is 6. The summed E-state index contributed by atoms with van der Waals surface area (Å²) in [5.41, 5.74) is 0. The molecule has 0 radical (unpaired) electrons. The molecule has 2 aromatic rings. The summed E-state index contributed by atoms with van der Waals surface area (Å²) in [6.07, 6.45) is 8.35. The van der Waals surface area contributed by atoms with Crippen LogP contribution in [0.4, 0.5) is 5.82 Å². The van der Waals surface area contributed by atoms with Crippen molar-refractivity contribution in [3.63, 3.8) is 0 Å². The Morgan fingerprint density at radius 2 is 1.49 bits per heavy atom. The minimum absolute atomic E-state index is 0.0261. The second-order valence-corrected chi connectivity index (χ2v) is 12.6. The molecule has 1 aromatic carbocycles. The van der Waals surface area contributed by atoms with Gasteiger partial charge in [0.2, 0.25) is 11.8 Å². The van der Waals surface area contributed by atoms with Gasteiger partial charge in [-0.15, -0.1) is 0 Å². The third-order valence-electron chi connectivity index (χ3n) is 10.0. The lowest BCUT2D eigenvalue weighted by Gasteiger charge is -2.40. The predicted molar refractivity (Wildman–Crippen MR) is 138 cm³/mol. The van der Waals surface area contributed by atoms with E-state index in [1.807, 2.05) is 0 Å². The number of benzene rings is 1. The van der Waals surface area contributed by atoms with Crippen molar-refractivity contribution in [2.75, 3.05) is 44.2 Å². The second-order valence-electron chi connectivity index (χ2n) is 11.8. The van der Waals surface area contributed by atoms with Crippen LogP contribution in [0.2, 0.25) is 0 Å². The van der Waals surface area contributed by atoms with Gasteiger partial charge in [-0.05, 0) is 79.4 Å². The van der Waals surface area contributed by atoms with Gasteiger partial charge in [0.1, 0.15) is 5.82 Å². The molecule has 2 amide bonds. The summed E-state index contributed by atoms with van der Waals surface area (Å²) in [6, 6.07) is 8.54. The molecule has 3 heterocycles. The zero-order valence-corrected chi connectivity index (χ0v) is 21.3. The molecule has 2 aliphatic heterocycles. The van der Waals surface area contributed by atoms with E-state index in [2.05, 4.69) is 34.1 Å². The molecular formula is C28H36N4O2S. The molecule has 6 nitrogen and oxygen atoms in total. The van der Waals surface area contributed by atoms with E-state index in [-0.39, 0.29) is 23.7 Å². The van der Waals surface area contributed by atoms with Gasteiger partial charge in [-0.2, -0.15) is 4.37 Å². The highest BCUT2D eigenvalue weighted by atomic mass is 32.1. The third-order valence-corrected chi connectivity index (χ3v) is 10.8. The van der Waals surface area contributed by atoms with E-state index in [0.717, 1.165) is 64.2 Å². The summed E-state index contributed by atoms with van der Waals surface area (Å²) in [5, 5.41) is 1.27. The smallest absolute Gasteiger partial charge is 0.233 e. The summed E-state index contributed by atoms with van der Waals surface area (Å²) >= 11 is 1.60. The second kappa shape index (κ2) is 8.84. The number of rotatable bonds is 5. The molecule has 186 valence electrons. The van der Waals surface area contributed by atoms with Gasteiger partial charge in [0, 0.05) is 44.7 Å². The summed E-state index contributed by atoms with van der Waals surface area (Å²) in [4.78, 5) is 33.4. The maximum absolute atomic E-state index is 13.3. The largest absolute Gasteiger partial charge is 0.353 e. The fourth-order valence-corrected chi connectivity index (χ4v) is 9.02. The Morgan fingerprint density at radius 1 is 0.829 bits per heavy atom. The highest BCUT2D eigenvalue weighted by Gasteiger charge is 2.61. The highest BCUT2D eigenvalue weighted by molar-refractivity contribution is 7.13. The molecule has 2 saturated heterocycles. The number of aromatic nitrogens is 1. The average molecular weight is 493 g/mol. The maximum Gasteiger partial charge on any atom is 0.233 e. The van der Waals surface area contributed by atoms with E-state index in [1.165, 1.54) is 29.3 Å². The number of carbonyl (C=O) groups is 2. The number of likely N-dealkylation sites (tertiary alicyclic amines) is 1. The van der Waals surface area contributed by atoms with Crippen LogP contribution in [-0.4, -0.2) is 65.3 Å². The van der Waals surface area contributed by atoms with Crippen LogP contribution >= 0.6 is 11.5 Å². The number of amides is 2. The molecule has 5 aliphatic rings. The number of carbonyl (C=O) groups excluding carboxylic acids is 2. The lowest BCUT2D eigenvalue weighted by atomic mass is 9.78. The van der Waals surface area contributed by atoms with Crippen LogP contribution < -0.4 is 4.90 Å². The zero-order valence-electron chi connectivity index (χ0n) is 20.5. The van der Waals surface area contributed by atoms with Gasteiger partial charge in [-0.25, -0.2) is 0 Å². The molecule has 5 fully saturated rings. The van der Waals surface area contributed by atoms with Crippen molar-refractivity contribution in [2.24, 2.45) is 35.5 Å². The summed E-state index contributed by atoms with van der Waals surface area (Å²) in [7, 11) is 0. The Morgan fingerprint density at radius 3 is 2.20 bits per heavy atom. The summed E-state index contributed by atoms with van der Waals surface area (Å²) in [6.45, 7) is 5.93. The van der Waals surface area contributed by atoms with Crippen molar-refractivity contribution in [3.8, 4) is 0 Å². The van der Waals surface area contributed by atoms with Crippen LogP contribution in [0.5, 0.6) is 0 Å². The number of hydrogen-bond donors (Lipinski definition) is 0. The topological polar surface area (TPSA) is 56.8 Å². The third kappa shape index (κ3) is 3.72. The normalized spacial score (nSPS) is 35.4. The maximum atomic E-state index is 13.3. The molecule has 3 saturated carbocycles. The van der Waals surface area contributed by atoms with Crippen molar-refractivity contribution >= 4 is 39.3 Å². The van der Waals surface area contributed by atoms with E-state index < -0.39 is 0 Å². The lowest BCUT2D eigenvalue weighted by molar-refractivity contribution is -0.142. The quantitative estimate of drug-likeness (QED) is 0.584. The molecule has 7 rings (SSSR count). The molecule has 35 heavy (non-hydrogen) atoms. The average Bonchev–Trinajstić information content (AvgIpc) is 3.66. The van der Waals surface area contributed by atoms with Crippen LogP contribution in [-0.2, 0) is 9.59 Å². The van der Waals surface area contributed by atoms with Gasteiger partial charge in [0.15, 0.2) is 0 Å². The minimum Gasteiger partial charge on any atom is -0.353 e. The van der Waals surface area contributed by atoms with Crippen LogP contribution in [0.1, 0.15) is 44.9 Å². The van der Waals surface area contributed by atoms with Crippen LogP contribution in [0.25, 0.3) is 10.1 Å². The first-order chi connectivity index (χ1) is 17.2. The van der Waals surface area contributed by atoms with E-state index >= 15 is 0 Å². The fraction of sp³-hybridized carbons (Fsp3) is 0.679. The Hall–Kier alpha value is -1.99. The van der Waals surface area contributed by atoms with Crippen LogP contribution in [0, 0.1) is 35.5 Å². The monoisotopic (exact) mass is 492 g/mol. The number of imide groups is 1. The van der Waals surface area contributed by atoms with Gasteiger partial charge < -0.3 is 4.90 Å². The first kappa shape index (κ1) is 22.2. The molecular weight excluding hydrogens is 456 g/mol. The van der Waals surface area contributed by atoms with Crippen molar-refractivity contribution in [1.82, 2.24) is 14.2 Å². The van der Waals surface area contributed by atoms with Crippen molar-refractivity contribution < 1.29 is 9.59 Å². The molecule has 7 heteroatoms. The molecule has 0 spiro atoms. The molecule has 2 bridgehead atoms. The van der Waals surface area contributed by atoms with Gasteiger partial charge >= 0.3 is 0 Å². The van der Waals surface area contributed by atoms with Crippen LogP contribution in [0.15, 0.2) is 24.3 Å². The van der Waals surface area contributed by atoms with Crippen molar-refractivity contribution in [2.45, 2.75) is 44.9 Å². The first-order valence-electron chi connectivity index (χ1n) is 13.8. The Balaban J connectivity index is 0.986. The fourth-order valence-electron chi connectivity index (χ4n) is 8.22. The SMILES string of the molecule is O=C1[C@H]2[C@@H]3CCC(C3)[C@H]2C(=O)N1C[C@@H]1CCCC[C@H]1CN1CCN(c2nsc3ccccc23)CC1. The molecule has 1 aromatic heterocycles. The van der Waals surface area contributed by atoms with Crippen molar-refractivity contribution in [3.05, 3.63) is 24.3 Å². The predicted octanol–water partition coefficient (Wildman–Crippen LogP) is 4.26. The summed E-state index contributed by atoms with van der Waals surface area (Å²) < 4.78 is 6.02. The number of hydrogen-bond acceptors (Lipinski definition) is 6. The standard InChI is InChI=1S/C28H36N4O2S/c33-27-24-18-9-10-19(15-18)25(24)28(34)32(27)17-21-6-2-1-5-20(21)16-30-11-13-31(14-12-30)26-22-7-3-4-8-23(22)35-29-26/h3-4,7-8,18-21,24-25H,1-2,5-6,9-17H2/t18-,19?,20+,21+,24+,25-/m1/s1. The van der Waals surface area contributed by atoms with Crippen molar-refractivity contribution in [1.29, 1.82) is 0 Å². The lowest BCUT2D eigenvalue weighted by Crippen LogP contribution is -2.49. The van der Waals surface area contributed by atoms with Gasteiger partial charge in [0.05, 0.1) is 16.5 Å². The Kier molecular flexibility index (Phi) is 5.61. The number of piperazine rings is 1. The van der Waals surface area contributed by atoms with E-state index in [0.29, 0.717) is 30.2 Å². The van der Waals surface area contributed by atoms with E-state index in [1.54, 1.807) is 16.4 Å². The number of anilines is 1. The van der Waals surface area contributed by atoms with E-state index in [4.69, 9.17) is 4.37 Å². The molecule has 3 aliphatic carbocycles. The summed E-state index contributed by atoms with van der Waals surface area (Å²) in [5.74, 6) is 3.59. The first-order valence-corrected chi connectivity index (χ1v) is 14.6. The Bertz CT molecular complexity index is 1100. The van der Waals surface area contributed by atoms with E-state index in [9.17, 15) is 9.59 Å². The van der Waals surface area contributed by atoms with Gasteiger partial charge in [-0.3, -0.25) is 19.4 Å². The zero-order chi connectivity index (χ0) is 23.5. The van der Waals surface area contributed by atoms with Crippen LogP contribution in [0.3, 0.4) is 0 Å². The molecule has 6 atom stereocenters. The Labute approximate surface area is 211 Å². The minimum atomic E-state index is 0.0261. The van der Waals surface area contributed by atoms with Gasteiger partial charge in [-0.1, -0.05) is 25.0 Å². The van der Waals surface area contributed by atoms with Gasteiger partial charge in [0.25, 0.3) is 0 Å². The number of nitrogens with zero attached hydrogens (tertiary/aromatic N) is 4.